The van der Waals surface area contributed by atoms with E-state index >= 15 is 0 Å². The molecule has 2 aromatic rings. The van der Waals surface area contributed by atoms with Crippen LogP contribution in [0.25, 0.3) is 0 Å². The summed E-state index contributed by atoms with van der Waals surface area (Å²) in [6, 6.07) is 18.2. The highest BCUT2D eigenvalue weighted by molar-refractivity contribution is 14.0. The van der Waals surface area contributed by atoms with Gasteiger partial charge in [0.2, 0.25) is 0 Å². The van der Waals surface area contributed by atoms with Crippen LogP contribution in [-0.2, 0) is 4.74 Å². The molecule has 1 saturated heterocycles. The van der Waals surface area contributed by atoms with Gasteiger partial charge in [-0.1, -0.05) is 42.5 Å². The lowest BCUT2D eigenvalue weighted by Crippen LogP contribution is -2.40. The van der Waals surface area contributed by atoms with E-state index in [2.05, 4.69) is 39.5 Å². The van der Waals surface area contributed by atoms with E-state index in [1.165, 1.54) is 5.56 Å². The lowest BCUT2D eigenvalue weighted by molar-refractivity contribution is 0.0180. The van der Waals surface area contributed by atoms with Gasteiger partial charge in [0, 0.05) is 13.1 Å². The van der Waals surface area contributed by atoms with Crippen molar-refractivity contribution in [1.29, 1.82) is 0 Å². The van der Waals surface area contributed by atoms with Gasteiger partial charge in [-0.2, -0.15) is 0 Å². The number of para-hydroxylation sites is 2. The van der Waals surface area contributed by atoms with Crippen LogP contribution in [0.3, 0.4) is 0 Å². The molecule has 27 heavy (non-hydrogen) atoms. The van der Waals surface area contributed by atoms with E-state index in [1.807, 2.05) is 30.3 Å². The quantitative estimate of drug-likeness (QED) is 0.376. The van der Waals surface area contributed by atoms with Gasteiger partial charge in [-0.3, -0.25) is 9.89 Å². The monoisotopic (exact) mass is 482 g/mol. The van der Waals surface area contributed by atoms with Crippen LogP contribution >= 0.6 is 24.0 Å². The summed E-state index contributed by atoms with van der Waals surface area (Å²) in [6.45, 7) is 3.88. The second kappa shape index (κ2) is 11.1. The Balaban J connectivity index is 0.00000261. The molecule has 6 nitrogen and oxygen atoms in total. The third-order valence-electron chi connectivity index (χ3n) is 4.48. The first-order chi connectivity index (χ1) is 12.8. The van der Waals surface area contributed by atoms with Crippen molar-refractivity contribution in [1.82, 2.24) is 4.90 Å². The number of nitrogens with one attached hydrogen (secondary N) is 1. The van der Waals surface area contributed by atoms with Gasteiger partial charge in [0.05, 0.1) is 38.6 Å². The van der Waals surface area contributed by atoms with Crippen LogP contribution in [0.4, 0.5) is 5.69 Å². The highest BCUT2D eigenvalue weighted by Crippen LogP contribution is 2.24. The maximum Gasteiger partial charge on any atom is 0.193 e. The number of aliphatic imine (C=N–C) groups is 1. The van der Waals surface area contributed by atoms with Crippen LogP contribution in [-0.4, -0.2) is 50.8 Å². The largest absolute Gasteiger partial charge is 0.495 e. The summed E-state index contributed by atoms with van der Waals surface area (Å²) >= 11 is 0. The number of nitrogens with zero attached hydrogens (tertiary/aromatic N) is 2. The number of halogens is 1. The first-order valence-electron chi connectivity index (χ1n) is 8.84. The third-order valence-corrected chi connectivity index (χ3v) is 4.48. The summed E-state index contributed by atoms with van der Waals surface area (Å²) in [4.78, 5) is 6.99. The van der Waals surface area contributed by atoms with E-state index in [0.717, 1.165) is 37.7 Å². The van der Waals surface area contributed by atoms with Gasteiger partial charge >= 0.3 is 0 Å². The molecule has 146 valence electrons. The molecule has 3 rings (SSSR count). The Hall–Kier alpha value is -1.84. The maximum absolute atomic E-state index is 6.13. The van der Waals surface area contributed by atoms with E-state index < -0.39 is 0 Å². The average molecular weight is 482 g/mol. The molecule has 0 aromatic heterocycles. The molecule has 0 amide bonds. The summed E-state index contributed by atoms with van der Waals surface area (Å²) in [5.41, 5.74) is 8.17. The molecule has 1 aliphatic heterocycles. The van der Waals surface area contributed by atoms with Gasteiger partial charge in [-0.15, -0.1) is 24.0 Å². The Labute approximate surface area is 177 Å². The summed E-state index contributed by atoms with van der Waals surface area (Å²) < 4.78 is 10.8. The van der Waals surface area contributed by atoms with Gasteiger partial charge in [0.25, 0.3) is 0 Å². The predicted octanol–water partition coefficient (Wildman–Crippen LogP) is 3.11. The molecule has 1 unspecified atom stereocenters. The number of hydrogen-bond acceptors (Lipinski definition) is 4. The van der Waals surface area contributed by atoms with Gasteiger partial charge in [0.15, 0.2) is 5.96 Å². The van der Waals surface area contributed by atoms with Crippen LogP contribution < -0.4 is 15.8 Å². The summed E-state index contributed by atoms with van der Waals surface area (Å²) in [5, 5.41) is 3.13. The SMILES string of the molecule is COc1ccccc1NC(N)=NCC(c1ccccc1)N1CCOCC1.I. The number of nitrogens with two attached hydrogens (primary N) is 1. The molecule has 1 aliphatic rings. The second-order valence-corrected chi connectivity index (χ2v) is 6.13. The summed E-state index contributed by atoms with van der Waals surface area (Å²) in [7, 11) is 1.64. The molecule has 0 radical (unpaired) electrons. The summed E-state index contributed by atoms with van der Waals surface area (Å²) in [6.07, 6.45) is 0. The topological polar surface area (TPSA) is 72.1 Å². The molecule has 2 aromatic carbocycles. The zero-order valence-corrected chi connectivity index (χ0v) is 17.8. The van der Waals surface area contributed by atoms with E-state index in [1.54, 1.807) is 7.11 Å². The minimum Gasteiger partial charge on any atom is -0.495 e. The first-order valence-corrected chi connectivity index (χ1v) is 8.84. The Morgan fingerprint density at radius 1 is 1.15 bits per heavy atom. The lowest BCUT2D eigenvalue weighted by Gasteiger charge is -2.34. The highest BCUT2D eigenvalue weighted by Gasteiger charge is 2.22. The molecular weight excluding hydrogens is 455 g/mol. The number of benzene rings is 2. The van der Waals surface area contributed by atoms with Gasteiger partial charge < -0.3 is 20.5 Å². The minimum absolute atomic E-state index is 0. The van der Waals surface area contributed by atoms with E-state index in [0.29, 0.717) is 12.5 Å². The number of ether oxygens (including phenoxy) is 2. The third kappa shape index (κ3) is 6.08. The fraction of sp³-hybridized carbons (Fsp3) is 0.350. The second-order valence-electron chi connectivity index (χ2n) is 6.13. The van der Waals surface area contributed by atoms with E-state index in [4.69, 9.17) is 15.2 Å². The van der Waals surface area contributed by atoms with Crippen LogP contribution in [0, 0.1) is 0 Å². The molecule has 1 heterocycles. The molecule has 1 fully saturated rings. The van der Waals surface area contributed by atoms with Crippen molar-refractivity contribution in [2.45, 2.75) is 6.04 Å². The Morgan fingerprint density at radius 3 is 2.52 bits per heavy atom. The van der Waals surface area contributed by atoms with Crippen LogP contribution in [0.2, 0.25) is 0 Å². The van der Waals surface area contributed by atoms with Crippen LogP contribution in [0.5, 0.6) is 5.75 Å². The minimum atomic E-state index is 0. The molecule has 0 aliphatic carbocycles. The Kier molecular flexibility index (Phi) is 8.83. The lowest BCUT2D eigenvalue weighted by atomic mass is 10.1. The van der Waals surface area contributed by atoms with Gasteiger partial charge in [-0.05, 0) is 17.7 Å². The number of guanidine groups is 1. The van der Waals surface area contributed by atoms with Crippen molar-refractivity contribution in [3.05, 3.63) is 60.2 Å². The molecule has 0 spiro atoms. The molecule has 0 saturated carbocycles. The fourth-order valence-corrected chi connectivity index (χ4v) is 3.11. The first kappa shape index (κ1) is 21.5. The predicted molar refractivity (Wildman–Crippen MR) is 120 cm³/mol. The number of anilines is 1. The van der Waals surface area contributed by atoms with Crippen molar-refractivity contribution in [2.24, 2.45) is 10.7 Å². The highest BCUT2D eigenvalue weighted by atomic mass is 127. The van der Waals surface area contributed by atoms with Crippen molar-refractivity contribution in [3.8, 4) is 5.75 Å². The molecule has 7 heteroatoms. The van der Waals surface area contributed by atoms with E-state index in [-0.39, 0.29) is 30.0 Å². The standard InChI is InChI=1S/C20H26N4O2.HI/c1-25-19-10-6-5-9-17(19)23-20(21)22-15-18(16-7-3-2-4-8-16)24-11-13-26-14-12-24;/h2-10,18H,11-15H2,1H3,(H3,21,22,23);1H. The molecular formula is C20H27IN4O2. The van der Waals surface area contributed by atoms with Gasteiger partial charge in [-0.25, -0.2) is 0 Å². The fourth-order valence-electron chi connectivity index (χ4n) is 3.11. The van der Waals surface area contributed by atoms with Crippen molar-refractivity contribution < 1.29 is 9.47 Å². The molecule has 1 atom stereocenters. The normalized spacial score (nSPS) is 16.3. The number of methoxy groups -OCH3 is 1. The van der Waals surface area contributed by atoms with Crippen LogP contribution in [0.1, 0.15) is 11.6 Å². The molecule has 0 bridgehead atoms. The zero-order chi connectivity index (χ0) is 18.2. The summed E-state index contributed by atoms with van der Waals surface area (Å²) in [5.74, 6) is 1.11. The zero-order valence-electron chi connectivity index (χ0n) is 15.5. The van der Waals surface area contributed by atoms with Crippen molar-refractivity contribution in [2.75, 3.05) is 45.3 Å². The number of rotatable bonds is 6. The Bertz CT molecular complexity index is 721. The average Bonchev–Trinajstić information content (AvgIpc) is 2.70. The number of hydrogen-bond donors (Lipinski definition) is 2. The smallest absolute Gasteiger partial charge is 0.193 e. The molecule has 3 N–H and O–H groups in total. The van der Waals surface area contributed by atoms with Crippen molar-refractivity contribution in [3.63, 3.8) is 0 Å². The van der Waals surface area contributed by atoms with Crippen LogP contribution in [0.15, 0.2) is 59.6 Å². The van der Waals surface area contributed by atoms with Gasteiger partial charge in [0.1, 0.15) is 5.75 Å². The maximum atomic E-state index is 6.13. The van der Waals surface area contributed by atoms with Crippen molar-refractivity contribution >= 4 is 35.6 Å². The Morgan fingerprint density at radius 2 is 1.81 bits per heavy atom. The number of morpholine rings is 1. The van der Waals surface area contributed by atoms with E-state index in [9.17, 15) is 0 Å².